The number of rotatable bonds is 2. The summed E-state index contributed by atoms with van der Waals surface area (Å²) < 4.78 is 36.2. The van der Waals surface area contributed by atoms with Gasteiger partial charge in [0.1, 0.15) is 16.8 Å². The fourth-order valence-corrected chi connectivity index (χ4v) is 1.91. The van der Waals surface area contributed by atoms with Crippen molar-refractivity contribution >= 4 is 28.7 Å². The average molecular weight is 304 g/mol. The lowest BCUT2D eigenvalue weighted by Gasteiger charge is -2.11. The minimum Gasteiger partial charge on any atom is -0.478 e. The van der Waals surface area contributed by atoms with Crippen molar-refractivity contribution in [1.82, 2.24) is 4.98 Å². The molecule has 0 saturated heterocycles. The molecule has 0 amide bonds. The SMILES string of the molecule is [2H]c1c([2H])c([2H])c2oc3c([2H])c(=O)c(N)c(C(=O)O)c-3nc2c1C(=O)O. The Morgan fingerprint density at radius 3 is 2.64 bits per heavy atom. The Labute approximate surface area is 127 Å². The summed E-state index contributed by atoms with van der Waals surface area (Å²) in [7, 11) is 0. The van der Waals surface area contributed by atoms with E-state index in [1.165, 1.54) is 0 Å². The molecule has 1 aliphatic carbocycles. The van der Waals surface area contributed by atoms with E-state index in [4.69, 9.17) is 15.6 Å². The van der Waals surface area contributed by atoms with E-state index in [1.54, 1.807) is 0 Å². The fraction of sp³-hybridized carbons (Fsp3) is 0. The van der Waals surface area contributed by atoms with Crippen molar-refractivity contribution in [2.24, 2.45) is 0 Å². The average Bonchev–Trinajstić information content (AvgIpc) is 2.56. The zero-order valence-corrected chi connectivity index (χ0v) is 10.6. The maximum Gasteiger partial charge on any atom is 0.340 e. The summed E-state index contributed by atoms with van der Waals surface area (Å²) in [6, 6.07) is -3.09. The molecule has 4 N–H and O–H groups in total. The lowest BCUT2D eigenvalue weighted by atomic mass is 10.1. The molecule has 0 spiro atoms. The number of nitrogens with two attached hydrogens (primary N) is 1. The van der Waals surface area contributed by atoms with E-state index in [0.717, 1.165) is 0 Å². The zero-order chi connectivity index (χ0) is 19.5. The first-order chi connectivity index (χ1) is 12.1. The molecule has 2 aliphatic rings. The maximum absolute atomic E-state index is 12.0. The molecule has 0 unspecified atom stereocenters. The summed E-state index contributed by atoms with van der Waals surface area (Å²) in [5.74, 6) is -3.92. The number of para-hydroxylation sites is 1. The molecule has 0 radical (unpaired) electrons. The van der Waals surface area contributed by atoms with Crippen molar-refractivity contribution in [3.63, 3.8) is 0 Å². The van der Waals surface area contributed by atoms with Gasteiger partial charge in [0.2, 0.25) is 5.43 Å². The van der Waals surface area contributed by atoms with Crippen molar-refractivity contribution in [2.75, 3.05) is 5.73 Å². The maximum atomic E-state index is 12.0. The Kier molecular flexibility index (Phi) is 1.97. The highest BCUT2D eigenvalue weighted by atomic mass is 16.4. The number of hydrogen-bond acceptors (Lipinski definition) is 6. The van der Waals surface area contributed by atoms with Gasteiger partial charge in [-0.1, -0.05) is 6.04 Å². The predicted octanol–water partition coefficient (Wildman–Crippen LogP) is 1.27. The highest BCUT2D eigenvalue weighted by Gasteiger charge is 2.25. The van der Waals surface area contributed by atoms with Crippen LogP contribution in [-0.4, -0.2) is 27.1 Å². The van der Waals surface area contributed by atoms with Gasteiger partial charge in [0.05, 0.1) is 16.7 Å². The normalized spacial score (nSPS) is 13.5. The summed E-state index contributed by atoms with van der Waals surface area (Å²) >= 11 is 0. The molecule has 8 nitrogen and oxygen atoms in total. The predicted molar refractivity (Wildman–Crippen MR) is 75.2 cm³/mol. The molecular formula is C14H8N2O6. The van der Waals surface area contributed by atoms with E-state index < -0.39 is 80.9 Å². The number of carboxylic acid groups (broad SMARTS) is 2. The van der Waals surface area contributed by atoms with Crippen LogP contribution in [0.2, 0.25) is 0 Å². The van der Waals surface area contributed by atoms with Crippen molar-refractivity contribution in [1.29, 1.82) is 0 Å². The van der Waals surface area contributed by atoms with E-state index >= 15 is 0 Å². The first kappa shape index (κ1) is 9.50. The standard InChI is InChI=1S/C14H8N2O6/c15-10-6(17)4-8-12(9(10)14(20)21)16-11-5(13(18)19)2-1-3-7(11)22-8/h1-4H,15H2,(H,18,19)(H,20,21)/i1D,2D,3D,4D. The summed E-state index contributed by atoms with van der Waals surface area (Å²) in [5.41, 5.74) is 0.307. The van der Waals surface area contributed by atoms with Gasteiger partial charge < -0.3 is 20.4 Å². The molecule has 1 aromatic carbocycles. The number of benzene rings is 2. The number of nitrogen functional groups attached to an aromatic ring is 1. The van der Waals surface area contributed by atoms with E-state index in [1.807, 2.05) is 0 Å². The second kappa shape index (κ2) is 4.55. The van der Waals surface area contributed by atoms with Gasteiger partial charge in [0, 0.05) is 6.04 Å². The number of carboxylic acids is 2. The van der Waals surface area contributed by atoms with Crippen LogP contribution >= 0.6 is 0 Å². The summed E-state index contributed by atoms with van der Waals surface area (Å²) in [6.07, 6.45) is 0. The number of hydrogen-bond donors (Lipinski definition) is 3. The first-order valence-electron chi connectivity index (χ1n) is 7.70. The van der Waals surface area contributed by atoms with Gasteiger partial charge in [0.15, 0.2) is 11.3 Å². The van der Waals surface area contributed by atoms with Gasteiger partial charge in [-0.2, -0.15) is 0 Å². The third kappa shape index (κ3) is 1.85. The van der Waals surface area contributed by atoms with E-state index in [2.05, 4.69) is 4.98 Å². The summed E-state index contributed by atoms with van der Waals surface area (Å²) in [6.45, 7) is 0. The third-order valence-electron chi connectivity index (χ3n) is 2.86. The van der Waals surface area contributed by atoms with Crippen LogP contribution in [0, 0.1) is 0 Å². The second-order valence-corrected chi connectivity index (χ2v) is 4.17. The molecule has 0 aromatic heterocycles. The molecular weight excluding hydrogens is 292 g/mol. The van der Waals surface area contributed by atoms with Crippen molar-refractivity contribution < 1.29 is 29.7 Å². The number of anilines is 1. The molecule has 0 saturated carbocycles. The molecule has 0 atom stereocenters. The van der Waals surface area contributed by atoms with Crippen molar-refractivity contribution in [3.05, 3.63) is 45.5 Å². The minimum atomic E-state index is -1.65. The van der Waals surface area contributed by atoms with Gasteiger partial charge in [0.25, 0.3) is 0 Å². The Bertz CT molecular complexity index is 1170. The van der Waals surface area contributed by atoms with Crippen LogP contribution in [0.4, 0.5) is 5.69 Å². The van der Waals surface area contributed by atoms with Crippen molar-refractivity contribution in [3.8, 4) is 11.5 Å². The third-order valence-corrected chi connectivity index (χ3v) is 2.86. The molecule has 1 aliphatic heterocycles. The Morgan fingerprint density at radius 1 is 1.27 bits per heavy atom. The van der Waals surface area contributed by atoms with E-state index in [9.17, 15) is 24.6 Å². The van der Waals surface area contributed by atoms with Gasteiger partial charge in [-0.25, -0.2) is 14.6 Å². The van der Waals surface area contributed by atoms with Gasteiger partial charge in [-0.05, 0) is 12.1 Å². The topological polar surface area (TPSA) is 144 Å². The fourth-order valence-electron chi connectivity index (χ4n) is 1.91. The molecule has 22 heavy (non-hydrogen) atoms. The highest BCUT2D eigenvalue weighted by molar-refractivity contribution is 6.04. The van der Waals surface area contributed by atoms with Crippen LogP contribution in [0.25, 0.3) is 22.6 Å². The lowest BCUT2D eigenvalue weighted by Crippen LogP contribution is -2.17. The molecule has 0 bridgehead atoms. The lowest BCUT2D eigenvalue weighted by molar-refractivity contribution is 0.0688. The first-order valence-corrected chi connectivity index (χ1v) is 5.70. The Hall–Kier alpha value is -3.42. The number of fused-ring (bicyclic) bond motifs is 2. The summed E-state index contributed by atoms with van der Waals surface area (Å²) in [4.78, 5) is 38.7. The summed E-state index contributed by atoms with van der Waals surface area (Å²) in [5, 5.41) is 18.6. The van der Waals surface area contributed by atoms with Gasteiger partial charge in [-0.15, -0.1) is 0 Å². The van der Waals surface area contributed by atoms with Crippen LogP contribution in [0.15, 0.2) is 33.4 Å². The number of aromatic carboxylic acids is 2. The van der Waals surface area contributed by atoms with Gasteiger partial charge in [-0.3, -0.25) is 4.79 Å². The molecule has 1 aromatic rings. The smallest absolute Gasteiger partial charge is 0.340 e. The quantitative estimate of drug-likeness (QED) is 0.474. The van der Waals surface area contributed by atoms with Crippen LogP contribution in [0.5, 0.6) is 0 Å². The monoisotopic (exact) mass is 304 g/mol. The Morgan fingerprint density at radius 2 is 2.00 bits per heavy atom. The second-order valence-electron chi connectivity index (χ2n) is 4.17. The zero-order valence-electron chi connectivity index (χ0n) is 14.6. The van der Waals surface area contributed by atoms with Crippen LogP contribution in [0.3, 0.4) is 0 Å². The number of carbonyl (C=O) groups is 2. The Balaban J connectivity index is 2.71. The number of aromatic nitrogens is 1. The largest absolute Gasteiger partial charge is 0.478 e. The molecule has 1 heterocycles. The van der Waals surface area contributed by atoms with Crippen LogP contribution in [-0.2, 0) is 0 Å². The van der Waals surface area contributed by atoms with Crippen LogP contribution in [0.1, 0.15) is 26.2 Å². The van der Waals surface area contributed by atoms with Crippen LogP contribution < -0.4 is 11.2 Å². The van der Waals surface area contributed by atoms with E-state index in [0.29, 0.717) is 0 Å². The highest BCUT2D eigenvalue weighted by Crippen LogP contribution is 2.30. The van der Waals surface area contributed by atoms with E-state index in [-0.39, 0.29) is 0 Å². The molecule has 3 rings (SSSR count). The minimum absolute atomic E-state index is 0.559. The molecule has 8 heteroatoms. The molecule has 110 valence electrons. The number of nitrogens with zero attached hydrogens (tertiary/aromatic N) is 1. The molecule has 0 fully saturated rings. The van der Waals surface area contributed by atoms with Crippen molar-refractivity contribution in [2.45, 2.75) is 0 Å². The van der Waals surface area contributed by atoms with Gasteiger partial charge >= 0.3 is 11.9 Å².